The molecule has 24 heavy (non-hydrogen) atoms. The number of primary amides is 1. The van der Waals surface area contributed by atoms with Crippen LogP contribution in [0.1, 0.15) is 26.3 Å². The van der Waals surface area contributed by atoms with Gasteiger partial charge in [-0.05, 0) is 30.3 Å². The van der Waals surface area contributed by atoms with Gasteiger partial charge in [0.25, 0.3) is 11.8 Å². The fourth-order valence-corrected chi connectivity index (χ4v) is 1.98. The van der Waals surface area contributed by atoms with Gasteiger partial charge in [-0.2, -0.15) is 13.2 Å². The molecule has 2 aromatic carbocycles. The van der Waals surface area contributed by atoms with Gasteiger partial charge in [0.1, 0.15) is 11.6 Å². The van der Waals surface area contributed by atoms with Crippen LogP contribution < -0.4 is 11.1 Å². The number of nitrogens with two attached hydrogens (primary N) is 1. The van der Waals surface area contributed by atoms with Crippen LogP contribution in [0.15, 0.2) is 36.4 Å². The highest BCUT2D eigenvalue weighted by Gasteiger charge is 2.36. The van der Waals surface area contributed by atoms with Crippen molar-refractivity contribution in [3.8, 4) is 0 Å². The molecule has 0 fully saturated rings. The predicted molar refractivity (Wildman–Crippen MR) is 74.3 cm³/mol. The van der Waals surface area contributed by atoms with Gasteiger partial charge in [-0.25, -0.2) is 8.78 Å². The summed E-state index contributed by atoms with van der Waals surface area (Å²) in [5, 5.41) is 1.98. The molecule has 0 aromatic heterocycles. The molecule has 0 saturated carbocycles. The van der Waals surface area contributed by atoms with Crippen molar-refractivity contribution in [3.05, 3.63) is 64.7 Å². The van der Waals surface area contributed by atoms with E-state index in [9.17, 15) is 31.5 Å². The molecule has 0 spiro atoms. The SMILES string of the molecule is NC(=O)c1cc(NC(=O)c2c(F)cccc2C(F)(F)F)ccc1F. The number of anilines is 1. The predicted octanol–water partition coefficient (Wildman–Crippen LogP) is 3.33. The fourth-order valence-electron chi connectivity index (χ4n) is 1.98. The molecule has 0 aliphatic carbocycles. The van der Waals surface area contributed by atoms with Gasteiger partial charge in [0, 0.05) is 5.69 Å². The van der Waals surface area contributed by atoms with E-state index in [1.54, 1.807) is 0 Å². The third-order valence-electron chi connectivity index (χ3n) is 3.04. The second-order valence-electron chi connectivity index (χ2n) is 4.67. The van der Waals surface area contributed by atoms with Crippen molar-refractivity contribution in [3.63, 3.8) is 0 Å². The Kier molecular flexibility index (Phi) is 4.54. The third kappa shape index (κ3) is 3.50. The number of amides is 2. The zero-order valence-electron chi connectivity index (χ0n) is 11.7. The van der Waals surface area contributed by atoms with Crippen molar-refractivity contribution in [2.75, 3.05) is 5.32 Å². The molecule has 2 amide bonds. The normalized spacial score (nSPS) is 11.2. The molecule has 2 rings (SSSR count). The van der Waals surface area contributed by atoms with E-state index in [-0.39, 0.29) is 5.69 Å². The molecule has 0 atom stereocenters. The number of carbonyl (C=O) groups excluding carboxylic acids is 2. The van der Waals surface area contributed by atoms with Crippen molar-refractivity contribution in [1.29, 1.82) is 0 Å². The molecule has 0 radical (unpaired) electrons. The Balaban J connectivity index is 2.42. The Morgan fingerprint density at radius 2 is 1.67 bits per heavy atom. The lowest BCUT2D eigenvalue weighted by Crippen LogP contribution is -2.21. The zero-order valence-corrected chi connectivity index (χ0v) is 11.7. The van der Waals surface area contributed by atoms with Gasteiger partial charge in [0.2, 0.25) is 0 Å². The van der Waals surface area contributed by atoms with Crippen molar-refractivity contribution < 1.29 is 31.5 Å². The summed E-state index contributed by atoms with van der Waals surface area (Å²) < 4.78 is 65.7. The molecule has 9 heteroatoms. The first-order valence-electron chi connectivity index (χ1n) is 6.37. The molecule has 3 N–H and O–H groups in total. The summed E-state index contributed by atoms with van der Waals surface area (Å²) in [7, 11) is 0. The molecule has 0 aliphatic heterocycles. The van der Waals surface area contributed by atoms with Crippen LogP contribution >= 0.6 is 0 Å². The largest absolute Gasteiger partial charge is 0.417 e. The lowest BCUT2D eigenvalue weighted by atomic mass is 10.1. The Bertz CT molecular complexity index is 818. The maximum absolute atomic E-state index is 13.7. The molecule has 0 heterocycles. The zero-order chi connectivity index (χ0) is 18.1. The van der Waals surface area contributed by atoms with E-state index < -0.39 is 46.3 Å². The van der Waals surface area contributed by atoms with Crippen LogP contribution in [0.4, 0.5) is 27.6 Å². The number of halogens is 5. The van der Waals surface area contributed by atoms with Gasteiger partial charge < -0.3 is 11.1 Å². The molecule has 0 unspecified atom stereocenters. The maximum Gasteiger partial charge on any atom is 0.417 e. The monoisotopic (exact) mass is 344 g/mol. The molecular formula is C15H9F5N2O2. The smallest absolute Gasteiger partial charge is 0.366 e. The standard InChI is InChI=1S/C15H9F5N2O2/c16-10-5-4-7(6-8(10)13(21)23)22-14(24)12-9(15(18,19)20)2-1-3-11(12)17/h1-6H,(H2,21,23)(H,22,24). The summed E-state index contributed by atoms with van der Waals surface area (Å²) in [6, 6.07) is 4.69. The van der Waals surface area contributed by atoms with Crippen LogP contribution in [0.3, 0.4) is 0 Å². The quantitative estimate of drug-likeness (QED) is 0.839. The van der Waals surface area contributed by atoms with E-state index in [0.29, 0.717) is 12.1 Å². The van der Waals surface area contributed by atoms with E-state index in [4.69, 9.17) is 5.73 Å². The van der Waals surface area contributed by atoms with E-state index in [0.717, 1.165) is 24.3 Å². The topological polar surface area (TPSA) is 72.2 Å². The van der Waals surface area contributed by atoms with Crippen LogP contribution in [-0.4, -0.2) is 11.8 Å². The lowest BCUT2D eigenvalue weighted by molar-refractivity contribution is -0.138. The summed E-state index contributed by atoms with van der Waals surface area (Å²) in [6.45, 7) is 0. The highest BCUT2D eigenvalue weighted by molar-refractivity contribution is 6.06. The number of hydrogen-bond acceptors (Lipinski definition) is 2. The van der Waals surface area contributed by atoms with Crippen molar-refractivity contribution in [2.45, 2.75) is 6.18 Å². The van der Waals surface area contributed by atoms with Crippen LogP contribution in [0.2, 0.25) is 0 Å². The third-order valence-corrected chi connectivity index (χ3v) is 3.04. The molecular weight excluding hydrogens is 335 g/mol. The minimum Gasteiger partial charge on any atom is -0.366 e. The summed E-state index contributed by atoms with van der Waals surface area (Å²) in [4.78, 5) is 23.0. The Morgan fingerprint density at radius 1 is 1.00 bits per heavy atom. The first kappa shape index (κ1) is 17.4. The fraction of sp³-hybridized carbons (Fsp3) is 0.0667. The number of rotatable bonds is 3. The number of benzene rings is 2. The first-order valence-corrected chi connectivity index (χ1v) is 6.37. The minimum atomic E-state index is -4.95. The Morgan fingerprint density at radius 3 is 2.25 bits per heavy atom. The number of hydrogen-bond donors (Lipinski definition) is 2. The average molecular weight is 344 g/mol. The molecule has 2 aromatic rings. The van der Waals surface area contributed by atoms with Crippen LogP contribution in [0, 0.1) is 11.6 Å². The van der Waals surface area contributed by atoms with E-state index in [2.05, 4.69) is 0 Å². The van der Waals surface area contributed by atoms with Crippen LogP contribution in [-0.2, 0) is 6.18 Å². The van der Waals surface area contributed by atoms with Crippen molar-refractivity contribution in [2.24, 2.45) is 5.73 Å². The van der Waals surface area contributed by atoms with E-state index in [1.807, 2.05) is 5.32 Å². The van der Waals surface area contributed by atoms with Crippen LogP contribution in [0.25, 0.3) is 0 Å². The van der Waals surface area contributed by atoms with Gasteiger partial charge in [-0.15, -0.1) is 0 Å². The van der Waals surface area contributed by atoms with Crippen molar-refractivity contribution in [1.82, 2.24) is 0 Å². The number of carbonyl (C=O) groups is 2. The molecule has 0 bridgehead atoms. The Hall–Kier alpha value is -2.97. The van der Waals surface area contributed by atoms with Gasteiger partial charge in [-0.1, -0.05) is 6.07 Å². The Labute approximate surface area is 132 Å². The summed E-state index contributed by atoms with van der Waals surface area (Å²) in [6.07, 6.45) is -4.95. The van der Waals surface area contributed by atoms with Crippen LogP contribution in [0.5, 0.6) is 0 Å². The second kappa shape index (κ2) is 6.26. The van der Waals surface area contributed by atoms with Crippen molar-refractivity contribution >= 4 is 17.5 Å². The molecule has 126 valence electrons. The highest BCUT2D eigenvalue weighted by Crippen LogP contribution is 2.33. The average Bonchev–Trinajstić information content (AvgIpc) is 2.47. The van der Waals surface area contributed by atoms with Gasteiger partial charge in [0.05, 0.1) is 16.7 Å². The summed E-state index contributed by atoms with van der Waals surface area (Å²) in [5.74, 6) is -4.88. The minimum absolute atomic E-state index is 0.216. The molecule has 0 saturated heterocycles. The molecule has 0 aliphatic rings. The number of nitrogens with one attached hydrogen (secondary N) is 1. The van der Waals surface area contributed by atoms with Gasteiger partial charge in [-0.3, -0.25) is 9.59 Å². The van der Waals surface area contributed by atoms with E-state index >= 15 is 0 Å². The highest BCUT2D eigenvalue weighted by atomic mass is 19.4. The number of alkyl halides is 3. The molecule has 4 nitrogen and oxygen atoms in total. The van der Waals surface area contributed by atoms with E-state index in [1.165, 1.54) is 0 Å². The van der Waals surface area contributed by atoms with Gasteiger partial charge >= 0.3 is 6.18 Å². The lowest BCUT2D eigenvalue weighted by Gasteiger charge is -2.14. The summed E-state index contributed by atoms with van der Waals surface area (Å²) in [5.41, 5.74) is 1.47. The first-order chi connectivity index (χ1) is 11.1. The van der Waals surface area contributed by atoms with Gasteiger partial charge in [0.15, 0.2) is 0 Å². The summed E-state index contributed by atoms with van der Waals surface area (Å²) >= 11 is 0. The second-order valence-corrected chi connectivity index (χ2v) is 4.67. The maximum atomic E-state index is 13.7.